The van der Waals surface area contributed by atoms with E-state index >= 15 is 0 Å². The zero-order valence-corrected chi connectivity index (χ0v) is 8.75. The van der Waals surface area contributed by atoms with Crippen LogP contribution in [0.25, 0.3) is 0 Å². The molecule has 3 nitrogen and oxygen atoms in total. The quantitative estimate of drug-likeness (QED) is 0.772. The Kier molecular flexibility index (Phi) is 4.28. The molecule has 1 N–H and O–H groups in total. The predicted octanol–water partition coefficient (Wildman–Crippen LogP) is 0.651. The van der Waals surface area contributed by atoms with Crippen LogP contribution in [0.5, 0.6) is 0 Å². The summed E-state index contributed by atoms with van der Waals surface area (Å²) in [5.74, 6) is 0.0451. The van der Waals surface area contributed by atoms with Gasteiger partial charge in [0.05, 0.1) is 9.49 Å². The summed E-state index contributed by atoms with van der Waals surface area (Å²) in [7, 11) is -1.68. The topological polar surface area (TPSA) is 46.2 Å². The summed E-state index contributed by atoms with van der Waals surface area (Å²) in [4.78, 5) is 0. The van der Waals surface area contributed by atoms with Crippen LogP contribution in [0.4, 0.5) is 0 Å². The molecule has 0 saturated heterocycles. The van der Waals surface area contributed by atoms with Crippen molar-refractivity contribution in [2.75, 3.05) is 12.8 Å². The molecule has 0 radical (unpaired) electrons. The molecule has 0 atom stereocenters. The molecule has 0 aromatic heterocycles. The van der Waals surface area contributed by atoms with Crippen LogP contribution < -0.4 is 4.72 Å². The zero-order chi connectivity index (χ0) is 7.49. The van der Waals surface area contributed by atoms with Crippen molar-refractivity contribution in [1.82, 2.24) is 4.72 Å². The third-order valence-electron chi connectivity index (χ3n) is 0.656. The van der Waals surface area contributed by atoms with Crippen LogP contribution in [0.1, 0.15) is 0 Å². The van der Waals surface area contributed by atoms with Crippen molar-refractivity contribution in [2.45, 2.75) is 3.74 Å². The van der Waals surface area contributed by atoms with Gasteiger partial charge >= 0.3 is 0 Å². The molecule has 56 valence electrons. The number of halogens is 2. The Balaban J connectivity index is 3.90. The molecule has 0 heterocycles. The largest absolute Gasteiger partial charge is 0.218 e. The molecule has 0 saturated carbocycles. The summed E-state index contributed by atoms with van der Waals surface area (Å²) < 4.78 is 23.3. The first kappa shape index (κ1) is 9.87. The molecular weight excluding hydrogens is 274 g/mol. The van der Waals surface area contributed by atoms with Gasteiger partial charge in [-0.15, -0.1) is 0 Å². The van der Waals surface area contributed by atoms with E-state index < -0.39 is 10.0 Å². The van der Waals surface area contributed by atoms with Gasteiger partial charge in [0.1, 0.15) is 0 Å². The SMILES string of the molecule is CNS(=O)(=O)CC(Br)Br. The van der Waals surface area contributed by atoms with Crippen LogP contribution in [-0.4, -0.2) is 25.0 Å². The van der Waals surface area contributed by atoms with Crippen LogP contribution in [0.15, 0.2) is 0 Å². The average molecular weight is 281 g/mol. The summed E-state index contributed by atoms with van der Waals surface area (Å²) >= 11 is 6.10. The summed E-state index contributed by atoms with van der Waals surface area (Å²) in [6.07, 6.45) is 0. The van der Waals surface area contributed by atoms with E-state index in [9.17, 15) is 8.42 Å². The molecule has 0 unspecified atom stereocenters. The van der Waals surface area contributed by atoms with Gasteiger partial charge in [-0.2, -0.15) is 0 Å². The van der Waals surface area contributed by atoms with Gasteiger partial charge in [-0.3, -0.25) is 0 Å². The molecule has 0 fully saturated rings. The highest BCUT2D eigenvalue weighted by Gasteiger charge is 2.10. The molecule has 0 aliphatic rings. The number of rotatable bonds is 3. The van der Waals surface area contributed by atoms with Crippen molar-refractivity contribution in [1.29, 1.82) is 0 Å². The molecule has 0 aromatic carbocycles. The molecule has 0 aliphatic carbocycles. The second-order valence-corrected chi connectivity index (χ2v) is 6.79. The lowest BCUT2D eigenvalue weighted by atomic mass is 11.0. The molecule has 0 bridgehead atoms. The highest BCUT2D eigenvalue weighted by atomic mass is 79.9. The Labute approximate surface area is 71.5 Å². The minimum atomic E-state index is -3.06. The third-order valence-corrected chi connectivity index (χ3v) is 3.56. The summed E-state index contributed by atoms with van der Waals surface area (Å²) in [5.41, 5.74) is 0. The molecule has 0 amide bonds. The van der Waals surface area contributed by atoms with Gasteiger partial charge in [0.2, 0.25) is 10.0 Å². The lowest BCUT2D eigenvalue weighted by Crippen LogP contribution is -2.24. The van der Waals surface area contributed by atoms with Crippen molar-refractivity contribution in [3.63, 3.8) is 0 Å². The number of sulfonamides is 1. The van der Waals surface area contributed by atoms with Crippen molar-refractivity contribution >= 4 is 41.9 Å². The first-order chi connectivity index (χ1) is 3.98. The summed E-state index contributed by atoms with van der Waals surface area (Å²) in [6.45, 7) is 0. The second-order valence-electron chi connectivity index (χ2n) is 1.38. The van der Waals surface area contributed by atoms with Gasteiger partial charge in [0.15, 0.2) is 0 Å². The smallest absolute Gasteiger partial charge is 0.213 e. The van der Waals surface area contributed by atoms with Crippen molar-refractivity contribution in [3.05, 3.63) is 0 Å². The maximum Gasteiger partial charge on any atom is 0.213 e. The van der Waals surface area contributed by atoms with Crippen LogP contribution in [0, 0.1) is 0 Å². The molecule has 0 aliphatic heterocycles. The standard InChI is InChI=1S/C3H7Br2NO2S/c1-6-9(7,8)2-3(4)5/h3,6H,2H2,1H3. The maximum absolute atomic E-state index is 10.6. The van der Waals surface area contributed by atoms with Crippen LogP contribution in [0.3, 0.4) is 0 Å². The van der Waals surface area contributed by atoms with Crippen LogP contribution in [-0.2, 0) is 10.0 Å². The Bertz CT molecular complexity index is 165. The van der Waals surface area contributed by atoms with E-state index in [0.29, 0.717) is 0 Å². The normalized spacial score (nSPS) is 12.4. The Morgan fingerprint density at radius 3 is 2.11 bits per heavy atom. The van der Waals surface area contributed by atoms with E-state index in [1.54, 1.807) is 0 Å². The fourth-order valence-corrected chi connectivity index (χ4v) is 2.84. The molecule has 6 heteroatoms. The predicted molar refractivity (Wildman–Crippen MR) is 44.5 cm³/mol. The molecule has 0 rings (SSSR count). The molecule has 0 aromatic rings. The Morgan fingerprint density at radius 2 is 2.00 bits per heavy atom. The van der Waals surface area contributed by atoms with Crippen molar-refractivity contribution in [2.24, 2.45) is 0 Å². The van der Waals surface area contributed by atoms with Gasteiger partial charge in [-0.1, -0.05) is 31.9 Å². The van der Waals surface area contributed by atoms with E-state index in [0.717, 1.165) is 0 Å². The monoisotopic (exact) mass is 279 g/mol. The van der Waals surface area contributed by atoms with Gasteiger partial charge in [0.25, 0.3) is 0 Å². The minimum Gasteiger partial charge on any atom is -0.218 e. The van der Waals surface area contributed by atoms with Gasteiger partial charge in [-0.25, -0.2) is 13.1 Å². The van der Waals surface area contributed by atoms with Crippen molar-refractivity contribution in [3.8, 4) is 0 Å². The van der Waals surface area contributed by atoms with Crippen LogP contribution in [0.2, 0.25) is 0 Å². The van der Waals surface area contributed by atoms with Gasteiger partial charge in [-0.05, 0) is 7.05 Å². The fraction of sp³-hybridized carbons (Fsp3) is 1.00. The van der Waals surface area contributed by atoms with E-state index in [4.69, 9.17) is 0 Å². The Hall–Kier alpha value is 0.870. The fourth-order valence-electron chi connectivity index (χ4n) is 0.249. The number of alkyl halides is 2. The van der Waals surface area contributed by atoms with E-state index in [2.05, 4.69) is 36.6 Å². The average Bonchev–Trinajstić information content (AvgIpc) is 1.63. The van der Waals surface area contributed by atoms with E-state index in [1.807, 2.05) is 0 Å². The molecular formula is C3H7Br2NO2S. The lowest BCUT2D eigenvalue weighted by molar-refractivity contribution is 0.589. The zero-order valence-electron chi connectivity index (χ0n) is 4.77. The highest BCUT2D eigenvalue weighted by Crippen LogP contribution is 2.09. The van der Waals surface area contributed by atoms with E-state index in [1.165, 1.54) is 7.05 Å². The second kappa shape index (κ2) is 3.90. The number of nitrogens with one attached hydrogen (secondary N) is 1. The van der Waals surface area contributed by atoms with Gasteiger partial charge < -0.3 is 0 Å². The van der Waals surface area contributed by atoms with Gasteiger partial charge in [0, 0.05) is 0 Å². The molecule has 0 spiro atoms. The number of hydrogen-bond acceptors (Lipinski definition) is 2. The lowest BCUT2D eigenvalue weighted by Gasteiger charge is -2.00. The van der Waals surface area contributed by atoms with E-state index in [-0.39, 0.29) is 9.49 Å². The summed E-state index contributed by atoms with van der Waals surface area (Å²) in [5, 5.41) is 0. The number of hydrogen-bond donors (Lipinski definition) is 1. The summed E-state index contributed by atoms with van der Waals surface area (Å²) in [6, 6.07) is 0. The molecule has 9 heavy (non-hydrogen) atoms. The van der Waals surface area contributed by atoms with Crippen LogP contribution >= 0.6 is 31.9 Å². The maximum atomic E-state index is 10.6. The highest BCUT2D eigenvalue weighted by molar-refractivity contribution is 9.24. The first-order valence-electron chi connectivity index (χ1n) is 2.17. The van der Waals surface area contributed by atoms with Crippen molar-refractivity contribution < 1.29 is 8.42 Å². The first-order valence-corrected chi connectivity index (χ1v) is 5.65. The minimum absolute atomic E-state index is 0.0451. The Morgan fingerprint density at radius 1 is 1.56 bits per heavy atom. The third kappa shape index (κ3) is 5.32.